The van der Waals surface area contributed by atoms with Crippen LogP contribution in [-0.4, -0.2) is 18.9 Å². The first-order valence-corrected chi connectivity index (χ1v) is 8.88. The van der Waals surface area contributed by atoms with Crippen LogP contribution in [0.1, 0.15) is 26.3 Å². The number of benzene rings is 3. The number of allylic oxidation sites excluding steroid dienone is 1. The normalized spacial score (nSPS) is 10.6. The Morgan fingerprint density at radius 1 is 0.929 bits per heavy atom. The van der Waals surface area contributed by atoms with Gasteiger partial charge < -0.3 is 9.47 Å². The second-order valence-corrected chi connectivity index (χ2v) is 6.30. The van der Waals surface area contributed by atoms with Crippen molar-refractivity contribution in [3.8, 4) is 11.5 Å². The highest BCUT2D eigenvalue weighted by molar-refractivity contribution is 6.30. The molecule has 0 spiro atoms. The fraction of sp³-hybridized carbons (Fsp3) is 0.0435. The van der Waals surface area contributed by atoms with Crippen LogP contribution < -0.4 is 9.47 Å². The molecular formula is C23H17ClO4. The van der Waals surface area contributed by atoms with Gasteiger partial charge in [-0.2, -0.15) is 0 Å². The number of ketones is 1. The summed E-state index contributed by atoms with van der Waals surface area (Å²) in [5, 5.41) is 0.432. The second kappa shape index (κ2) is 9.02. The molecular weight excluding hydrogens is 376 g/mol. The molecule has 0 aromatic heterocycles. The van der Waals surface area contributed by atoms with Crippen molar-refractivity contribution >= 4 is 29.4 Å². The van der Waals surface area contributed by atoms with Crippen LogP contribution in [0.5, 0.6) is 11.5 Å². The number of carbonyl (C=O) groups is 2. The Morgan fingerprint density at radius 3 is 2.39 bits per heavy atom. The van der Waals surface area contributed by atoms with E-state index in [9.17, 15) is 9.59 Å². The lowest BCUT2D eigenvalue weighted by Gasteiger charge is -2.08. The molecule has 140 valence electrons. The van der Waals surface area contributed by atoms with Crippen LogP contribution in [0, 0.1) is 0 Å². The lowest BCUT2D eigenvalue weighted by molar-refractivity contribution is 0.0733. The van der Waals surface area contributed by atoms with Gasteiger partial charge in [-0.1, -0.05) is 48.0 Å². The minimum Gasteiger partial charge on any atom is -0.497 e. The zero-order valence-electron chi connectivity index (χ0n) is 15.1. The number of halogens is 1. The Bertz CT molecular complexity index is 1020. The number of hydrogen-bond acceptors (Lipinski definition) is 4. The molecule has 0 aliphatic rings. The molecule has 5 heteroatoms. The SMILES string of the molecule is COc1ccc(/C=C/C(=O)c2ccccc2OC(=O)c2cccc(Cl)c2)cc1. The fourth-order valence-electron chi connectivity index (χ4n) is 2.51. The van der Waals surface area contributed by atoms with E-state index in [2.05, 4.69) is 0 Å². The second-order valence-electron chi connectivity index (χ2n) is 5.87. The molecule has 0 atom stereocenters. The molecule has 0 unspecified atom stereocenters. The minimum absolute atomic E-state index is 0.192. The van der Waals surface area contributed by atoms with Crippen molar-refractivity contribution in [1.29, 1.82) is 0 Å². The van der Waals surface area contributed by atoms with Gasteiger partial charge in [-0.25, -0.2) is 4.79 Å². The van der Waals surface area contributed by atoms with Crippen molar-refractivity contribution in [3.05, 3.63) is 101 Å². The topological polar surface area (TPSA) is 52.6 Å². The maximum atomic E-state index is 12.6. The Kier molecular flexibility index (Phi) is 6.25. The van der Waals surface area contributed by atoms with Crippen molar-refractivity contribution in [2.24, 2.45) is 0 Å². The summed E-state index contributed by atoms with van der Waals surface area (Å²) in [6.07, 6.45) is 3.13. The number of methoxy groups -OCH3 is 1. The molecule has 0 bridgehead atoms. The minimum atomic E-state index is -0.582. The first kappa shape index (κ1) is 19.4. The van der Waals surface area contributed by atoms with E-state index in [1.807, 2.05) is 24.3 Å². The summed E-state index contributed by atoms with van der Waals surface area (Å²) in [4.78, 5) is 25.0. The first-order chi connectivity index (χ1) is 13.6. The molecule has 0 amide bonds. The van der Waals surface area contributed by atoms with Crippen molar-refractivity contribution in [2.75, 3.05) is 7.11 Å². The van der Waals surface area contributed by atoms with Gasteiger partial charge in [0.25, 0.3) is 0 Å². The van der Waals surface area contributed by atoms with Crippen LogP contribution >= 0.6 is 11.6 Å². The van der Waals surface area contributed by atoms with E-state index in [0.717, 1.165) is 11.3 Å². The van der Waals surface area contributed by atoms with Gasteiger partial charge in [0.15, 0.2) is 5.78 Å². The van der Waals surface area contributed by atoms with Crippen LogP contribution in [0.2, 0.25) is 5.02 Å². The van der Waals surface area contributed by atoms with E-state index in [1.165, 1.54) is 12.1 Å². The first-order valence-electron chi connectivity index (χ1n) is 8.50. The molecule has 3 rings (SSSR count). The third-order valence-corrected chi connectivity index (χ3v) is 4.19. The van der Waals surface area contributed by atoms with Gasteiger partial charge in [-0.15, -0.1) is 0 Å². The van der Waals surface area contributed by atoms with Gasteiger partial charge in [0.2, 0.25) is 0 Å². The van der Waals surface area contributed by atoms with Crippen molar-refractivity contribution < 1.29 is 19.1 Å². The Hall–Kier alpha value is -3.37. The zero-order valence-corrected chi connectivity index (χ0v) is 15.8. The zero-order chi connectivity index (χ0) is 19.9. The average molecular weight is 393 g/mol. The fourth-order valence-corrected chi connectivity index (χ4v) is 2.70. The summed E-state index contributed by atoms with van der Waals surface area (Å²) in [5.74, 6) is 0.0748. The Labute approximate surface area is 168 Å². The Balaban J connectivity index is 1.78. The van der Waals surface area contributed by atoms with E-state index in [-0.39, 0.29) is 11.5 Å². The molecule has 0 N–H and O–H groups in total. The smallest absolute Gasteiger partial charge is 0.343 e. The standard InChI is InChI=1S/C23H17ClO4/c1-27-19-12-9-16(10-13-19)11-14-21(25)20-7-2-3-8-22(20)28-23(26)17-5-4-6-18(24)15-17/h2-15H,1H3/b14-11+. The molecule has 3 aromatic carbocycles. The summed E-state index contributed by atoms with van der Waals surface area (Å²) in [7, 11) is 1.59. The monoisotopic (exact) mass is 392 g/mol. The van der Waals surface area contributed by atoms with Gasteiger partial charge in [-0.05, 0) is 54.1 Å². The predicted octanol–water partition coefficient (Wildman–Crippen LogP) is 5.46. The van der Waals surface area contributed by atoms with Crippen LogP contribution in [-0.2, 0) is 0 Å². The van der Waals surface area contributed by atoms with E-state index >= 15 is 0 Å². The van der Waals surface area contributed by atoms with Crippen LogP contribution in [0.3, 0.4) is 0 Å². The highest BCUT2D eigenvalue weighted by atomic mass is 35.5. The maximum Gasteiger partial charge on any atom is 0.343 e. The van der Waals surface area contributed by atoms with Crippen LogP contribution in [0.25, 0.3) is 6.08 Å². The van der Waals surface area contributed by atoms with Gasteiger partial charge in [0.05, 0.1) is 18.2 Å². The highest BCUT2D eigenvalue weighted by Crippen LogP contribution is 2.22. The molecule has 0 aliphatic heterocycles. The highest BCUT2D eigenvalue weighted by Gasteiger charge is 2.15. The molecule has 3 aromatic rings. The van der Waals surface area contributed by atoms with E-state index in [4.69, 9.17) is 21.1 Å². The summed E-state index contributed by atoms with van der Waals surface area (Å²) in [6, 6.07) is 20.3. The number of para-hydroxylation sites is 1. The van der Waals surface area contributed by atoms with Gasteiger partial charge in [0.1, 0.15) is 11.5 Å². The van der Waals surface area contributed by atoms with Crippen molar-refractivity contribution in [3.63, 3.8) is 0 Å². The van der Waals surface area contributed by atoms with Gasteiger partial charge in [-0.3, -0.25) is 4.79 Å². The quantitative estimate of drug-likeness (QED) is 0.242. The predicted molar refractivity (Wildman–Crippen MR) is 109 cm³/mol. The molecule has 28 heavy (non-hydrogen) atoms. The number of esters is 1. The van der Waals surface area contributed by atoms with Crippen molar-refractivity contribution in [2.45, 2.75) is 0 Å². The lowest BCUT2D eigenvalue weighted by atomic mass is 10.1. The van der Waals surface area contributed by atoms with E-state index in [0.29, 0.717) is 16.1 Å². The van der Waals surface area contributed by atoms with E-state index in [1.54, 1.807) is 55.7 Å². The molecule has 0 fully saturated rings. The molecule has 0 radical (unpaired) electrons. The molecule has 0 aliphatic carbocycles. The molecule has 0 saturated heterocycles. The number of hydrogen-bond donors (Lipinski definition) is 0. The summed E-state index contributed by atoms with van der Waals surface area (Å²) in [6.45, 7) is 0. The number of rotatable bonds is 6. The number of ether oxygens (including phenoxy) is 2. The molecule has 0 saturated carbocycles. The van der Waals surface area contributed by atoms with Crippen molar-refractivity contribution in [1.82, 2.24) is 0 Å². The molecule has 0 heterocycles. The number of carbonyl (C=O) groups excluding carboxylic acids is 2. The van der Waals surface area contributed by atoms with Crippen LogP contribution in [0.15, 0.2) is 78.9 Å². The third kappa shape index (κ3) is 4.87. The third-order valence-electron chi connectivity index (χ3n) is 3.96. The van der Waals surface area contributed by atoms with Gasteiger partial charge in [0, 0.05) is 5.02 Å². The van der Waals surface area contributed by atoms with Crippen LogP contribution in [0.4, 0.5) is 0 Å². The summed E-state index contributed by atoms with van der Waals surface area (Å²) < 4.78 is 10.5. The van der Waals surface area contributed by atoms with E-state index < -0.39 is 5.97 Å². The largest absolute Gasteiger partial charge is 0.497 e. The summed E-state index contributed by atoms with van der Waals surface area (Å²) in [5.41, 5.74) is 1.45. The van der Waals surface area contributed by atoms with Gasteiger partial charge >= 0.3 is 5.97 Å². The average Bonchev–Trinajstić information content (AvgIpc) is 2.72. The summed E-state index contributed by atoms with van der Waals surface area (Å²) >= 11 is 5.91. The maximum absolute atomic E-state index is 12.6. The lowest BCUT2D eigenvalue weighted by Crippen LogP contribution is -2.11. The molecule has 4 nitrogen and oxygen atoms in total. The Morgan fingerprint density at radius 2 is 1.68 bits per heavy atom.